The summed E-state index contributed by atoms with van der Waals surface area (Å²) >= 11 is 5.96. The fourth-order valence-electron chi connectivity index (χ4n) is 2.65. The highest BCUT2D eigenvalue weighted by Crippen LogP contribution is 2.35. The highest BCUT2D eigenvalue weighted by molar-refractivity contribution is 6.29. The van der Waals surface area contributed by atoms with Gasteiger partial charge in [0, 0.05) is 29.7 Å². The fourth-order valence-corrected chi connectivity index (χ4v) is 2.83. The van der Waals surface area contributed by atoms with Crippen LogP contribution in [0.15, 0.2) is 36.5 Å². The van der Waals surface area contributed by atoms with Gasteiger partial charge in [-0.15, -0.1) is 0 Å². The van der Waals surface area contributed by atoms with E-state index in [9.17, 15) is 4.79 Å². The van der Waals surface area contributed by atoms with Crippen LogP contribution >= 0.6 is 11.6 Å². The predicted octanol–water partition coefficient (Wildman–Crippen LogP) is 2.86. The Morgan fingerprint density at radius 2 is 2.14 bits per heavy atom. The molecule has 2 aromatic heterocycles. The van der Waals surface area contributed by atoms with E-state index in [1.54, 1.807) is 48.1 Å². The number of hydrogen-bond donors (Lipinski definition) is 1. The second kappa shape index (κ2) is 5.17. The van der Waals surface area contributed by atoms with Gasteiger partial charge in [0.25, 0.3) is 5.91 Å². The lowest BCUT2D eigenvalue weighted by Gasteiger charge is -2.04. The van der Waals surface area contributed by atoms with Crippen molar-refractivity contribution in [3.63, 3.8) is 0 Å². The van der Waals surface area contributed by atoms with Crippen LogP contribution in [0.5, 0.6) is 0 Å². The van der Waals surface area contributed by atoms with E-state index < -0.39 is 5.91 Å². The molecule has 0 fully saturated rings. The molecule has 2 N–H and O–H groups in total. The SMILES string of the molecule is Cn1c(C(N)=O)c(-c2ccnc(Cl)c2)c2cc(C#N)ccc21. The number of benzene rings is 1. The van der Waals surface area contributed by atoms with Crippen molar-refractivity contribution >= 4 is 28.4 Å². The lowest BCUT2D eigenvalue weighted by molar-refractivity contribution is 0.0993. The molecular formula is C16H11ClN4O. The zero-order chi connectivity index (χ0) is 15.9. The Morgan fingerprint density at radius 1 is 1.36 bits per heavy atom. The summed E-state index contributed by atoms with van der Waals surface area (Å²) in [7, 11) is 1.76. The number of aromatic nitrogens is 2. The normalized spacial score (nSPS) is 10.6. The van der Waals surface area contributed by atoms with Crippen LogP contribution in [0.25, 0.3) is 22.0 Å². The molecule has 22 heavy (non-hydrogen) atoms. The number of pyridine rings is 1. The maximum absolute atomic E-state index is 11.9. The number of primary amides is 1. The third-order valence-corrected chi connectivity index (χ3v) is 3.78. The molecule has 108 valence electrons. The topological polar surface area (TPSA) is 84.7 Å². The lowest BCUT2D eigenvalue weighted by Crippen LogP contribution is -2.16. The second-order valence-corrected chi connectivity index (χ2v) is 5.25. The summed E-state index contributed by atoms with van der Waals surface area (Å²) in [4.78, 5) is 15.9. The first kappa shape index (κ1) is 14.1. The van der Waals surface area contributed by atoms with Crippen molar-refractivity contribution < 1.29 is 4.79 Å². The number of aryl methyl sites for hydroxylation is 1. The number of fused-ring (bicyclic) bond motifs is 1. The van der Waals surface area contributed by atoms with Crippen molar-refractivity contribution in [3.05, 3.63) is 52.9 Å². The minimum atomic E-state index is -0.542. The molecule has 0 aliphatic carbocycles. The van der Waals surface area contributed by atoms with Gasteiger partial charge in [-0.05, 0) is 35.9 Å². The highest BCUT2D eigenvalue weighted by atomic mass is 35.5. The Kier molecular flexibility index (Phi) is 3.32. The van der Waals surface area contributed by atoms with E-state index in [-0.39, 0.29) is 0 Å². The van der Waals surface area contributed by atoms with Crippen LogP contribution in [0.4, 0.5) is 0 Å². The Bertz CT molecular complexity index is 953. The lowest BCUT2D eigenvalue weighted by atomic mass is 10.0. The molecule has 0 aliphatic heterocycles. The van der Waals surface area contributed by atoms with E-state index in [0.29, 0.717) is 22.0 Å². The van der Waals surface area contributed by atoms with Crippen LogP contribution in [-0.4, -0.2) is 15.5 Å². The standard InChI is InChI=1S/C16H11ClN4O/c1-21-12-3-2-9(8-18)6-11(12)14(15(21)16(19)22)10-4-5-20-13(17)7-10/h2-7H,1H3,(H2,19,22). The molecule has 0 bridgehead atoms. The summed E-state index contributed by atoms with van der Waals surface area (Å²) in [6, 6.07) is 10.8. The third kappa shape index (κ3) is 2.10. The van der Waals surface area contributed by atoms with E-state index in [1.165, 1.54) is 0 Å². The zero-order valence-electron chi connectivity index (χ0n) is 11.7. The van der Waals surface area contributed by atoms with E-state index >= 15 is 0 Å². The molecule has 3 aromatic rings. The van der Waals surface area contributed by atoms with Gasteiger partial charge < -0.3 is 10.3 Å². The van der Waals surface area contributed by atoms with Crippen molar-refractivity contribution in [2.24, 2.45) is 12.8 Å². The molecule has 2 heterocycles. The number of nitrogens with zero attached hydrogens (tertiary/aromatic N) is 3. The number of rotatable bonds is 2. The summed E-state index contributed by atoms with van der Waals surface area (Å²) in [5.41, 5.74) is 8.63. The molecule has 0 radical (unpaired) electrons. The first-order chi connectivity index (χ1) is 10.5. The summed E-state index contributed by atoms with van der Waals surface area (Å²) < 4.78 is 1.72. The minimum absolute atomic E-state index is 0.321. The zero-order valence-corrected chi connectivity index (χ0v) is 12.4. The van der Waals surface area contributed by atoms with Crippen molar-refractivity contribution in [1.82, 2.24) is 9.55 Å². The number of hydrogen-bond acceptors (Lipinski definition) is 3. The van der Waals surface area contributed by atoms with Crippen molar-refractivity contribution in [3.8, 4) is 17.2 Å². The number of halogens is 1. The molecule has 0 saturated heterocycles. The van der Waals surface area contributed by atoms with Crippen LogP contribution in [0.1, 0.15) is 16.1 Å². The monoisotopic (exact) mass is 310 g/mol. The Hall–Kier alpha value is -2.84. The number of carbonyl (C=O) groups excluding carboxylic acids is 1. The minimum Gasteiger partial charge on any atom is -0.364 e. The van der Waals surface area contributed by atoms with Gasteiger partial charge in [-0.1, -0.05) is 11.6 Å². The molecule has 0 saturated carbocycles. The first-order valence-electron chi connectivity index (χ1n) is 6.47. The fraction of sp³-hybridized carbons (Fsp3) is 0.0625. The molecular weight excluding hydrogens is 300 g/mol. The first-order valence-corrected chi connectivity index (χ1v) is 6.85. The molecule has 0 unspecified atom stereocenters. The van der Waals surface area contributed by atoms with Gasteiger partial charge in [-0.25, -0.2) is 4.98 Å². The maximum atomic E-state index is 11.9. The van der Waals surface area contributed by atoms with Gasteiger partial charge in [-0.2, -0.15) is 5.26 Å². The van der Waals surface area contributed by atoms with E-state index in [4.69, 9.17) is 22.6 Å². The average molecular weight is 311 g/mol. The molecule has 0 spiro atoms. The summed E-state index contributed by atoms with van der Waals surface area (Å²) in [6.45, 7) is 0. The van der Waals surface area contributed by atoms with Gasteiger partial charge in [0.05, 0.1) is 11.6 Å². The van der Waals surface area contributed by atoms with Crippen LogP contribution in [0.2, 0.25) is 5.15 Å². The van der Waals surface area contributed by atoms with Crippen molar-refractivity contribution in [1.29, 1.82) is 5.26 Å². The smallest absolute Gasteiger partial charge is 0.266 e. The van der Waals surface area contributed by atoms with Gasteiger partial charge >= 0.3 is 0 Å². The predicted molar refractivity (Wildman–Crippen MR) is 84.4 cm³/mol. The van der Waals surface area contributed by atoms with E-state index in [2.05, 4.69) is 11.1 Å². The Balaban J connectivity index is 2.47. The van der Waals surface area contributed by atoms with Crippen molar-refractivity contribution in [2.45, 2.75) is 0 Å². The number of amides is 1. The van der Waals surface area contributed by atoms with Gasteiger partial charge in [0.1, 0.15) is 10.8 Å². The van der Waals surface area contributed by atoms with Gasteiger partial charge in [-0.3, -0.25) is 4.79 Å². The molecule has 6 heteroatoms. The van der Waals surface area contributed by atoms with Crippen LogP contribution in [-0.2, 0) is 7.05 Å². The molecule has 5 nitrogen and oxygen atoms in total. The molecule has 0 atom stereocenters. The molecule has 1 amide bonds. The average Bonchev–Trinajstić information content (AvgIpc) is 2.79. The molecule has 0 aliphatic rings. The Labute approximate surface area is 131 Å². The second-order valence-electron chi connectivity index (χ2n) is 4.86. The van der Waals surface area contributed by atoms with E-state index in [0.717, 1.165) is 16.5 Å². The highest BCUT2D eigenvalue weighted by Gasteiger charge is 2.21. The van der Waals surface area contributed by atoms with Crippen molar-refractivity contribution in [2.75, 3.05) is 0 Å². The molecule has 3 rings (SSSR count). The van der Waals surface area contributed by atoms with Crippen LogP contribution in [0.3, 0.4) is 0 Å². The quantitative estimate of drug-likeness (QED) is 0.738. The molecule has 1 aromatic carbocycles. The van der Waals surface area contributed by atoms with Crippen LogP contribution < -0.4 is 5.73 Å². The largest absolute Gasteiger partial charge is 0.364 e. The number of nitrogens with two attached hydrogens (primary N) is 1. The van der Waals surface area contributed by atoms with Gasteiger partial charge in [0.15, 0.2) is 0 Å². The van der Waals surface area contributed by atoms with E-state index in [1.807, 2.05) is 0 Å². The van der Waals surface area contributed by atoms with Gasteiger partial charge in [0.2, 0.25) is 0 Å². The van der Waals surface area contributed by atoms with Crippen LogP contribution in [0, 0.1) is 11.3 Å². The number of nitriles is 1. The Morgan fingerprint density at radius 3 is 2.77 bits per heavy atom. The maximum Gasteiger partial charge on any atom is 0.266 e. The summed E-state index contributed by atoms with van der Waals surface area (Å²) in [5.74, 6) is -0.542. The third-order valence-electron chi connectivity index (χ3n) is 3.58. The summed E-state index contributed by atoms with van der Waals surface area (Å²) in [6.07, 6.45) is 1.56. The summed E-state index contributed by atoms with van der Waals surface area (Å²) in [5, 5.41) is 10.2. The number of carbonyl (C=O) groups is 1.